The van der Waals surface area contributed by atoms with E-state index in [0.29, 0.717) is 17.9 Å². The zero-order valence-electron chi connectivity index (χ0n) is 23.3. The molecule has 2 unspecified atom stereocenters. The summed E-state index contributed by atoms with van der Waals surface area (Å²) < 4.78 is 37.2. The van der Waals surface area contributed by atoms with Gasteiger partial charge in [0, 0.05) is 38.3 Å². The summed E-state index contributed by atoms with van der Waals surface area (Å²) in [4.78, 5) is 22.6. The molecule has 0 saturated heterocycles. The van der Waals surface area contributed by atoms with E-state index in [1.54, 1.807) is 49.6 Å². The molecule has 0 radical (unpaired) electrons. The van der Waals surface area contributed by atoms with Gasteiger partial charge in [0.1, 0.15) is 17.3 Å². The van der Waals surface area contributed by atoms with Crippen LogP contribution in [0.4, 0.5) is 20.4 Å². The second-order valence-electron chi connectivity index (χ2n) is 11.1. The molecular formula is C29H35F2N7O2. The smallest absolute Gasteiger partial charge is 0.229 e. The topological polar surface area (TPSA) is 111 Å². The van der Waals surface area contributed by atoms with Crippen molar-refractivity contribution in [2.75, 3.05) is 19.5 Å². The van der Waals surface area contributed by atoms with Gasteiger partial charge in [-0.05, 0) is 61.4 Å². The molecule has 3 heterocycles. The number of carbonyl (C=O) groups is 1. The van der Waals surface area contributed by atoms with Gasteiger partial charge in [-0.25, -0.2) is 13.8 Å². The number of rotatable bonds is 6. The molecule has 6 atom stereocenters. The normalized spacial score (nSPS) is 28.6. The maximum Gasteiger partial charge on any atom is 0.229 e. The SMILES string of the molecule is COC1=CC(C)(F)C(c2ccc3cnc(Nc4cnccc4[C@H]4C[C@@H](N)[C@@H](N(C)C(C)=O)[C@@H](C)C4)n3n2)C(F)=C1. The summed E-state index contributed by atoms with van der Waals surface area (Å²) in [6.45, 7) is 4.99. The fourth-order valence-electron chi connectivity index (χ4n) is 6.27. The lowest BCUT2D eigenvalue weighted by Crippen LogP contribution is -2.54. The first-order chi connectivity index (χ1) is 19.0. The Bertz CT molecular complexity index is 1470. The molecule has 40 heavy (non-hydrogen) atoms. The van der Waals surface area contributed by atoms with E-state index in [1.165, 1.54) is 30.7 Å². The molecule has 3 aromatic heterocycles. The highest BCUT2D eigenvalue weighted by Gasteiger charge is 2.42. The summed E-state index contributed by atoms with van der Waals surface area (Å²) in [6, 6.07) is 5.10. The molecule has 2 aliphatic carbocycles. The van der Waals surface area contributed by atoms with Crippen LogP contribution in [-0.2, 0) is 9.53 Å². The van der Waals surface area contributed by atoms with Crippen LogP contribution in [0.3, 0.4) is 0 Å². The van der Waals surface area contributed by atoms with Crippen LogP contribution in [0.1, 0.15) is 56.7 Å². The van der Waals surface area contributed by atoms with Gasteiger partial charge in [0.05, 0.1) is 42.3 Å². The number of alkyl halides is 1. The third-order valence-electron chi connectivity index (χ3n) is 8.20. The third-order valence-corrected chi connectivity index (χ3v) is 8.20. The Labute approximate surface area is 232 Å². The predicted molar refractivity (Wildman–Crippen MR) is 148 cm³/mol. The maximum atomic E-state index is 15.6. The molecule has 2 aliphatic rings. The summed E-state index contributed by atoms with van der Waals surface area (Å²) in [5.74, 6) is -1.05. The van der Waals surface area contributed by atoms with E-state index >= 15 is 8.78 Å². The number of carbonyl (C=O) groups excluding carboxylic acids is 1. The molecule has 0 spiro atoms. The molecule has 1 amide bonds. The first-order valence-electron chi connectivity index (χ1n) is 13.4. The van der Waals surface area contributed by atoms with Gasteiger partial charge < -0.3 is 20.7 Å². The molecule has 0 aromatic carbocycles. The van der Waals surface area contributed by atoms with Crippen LogP contribution in [0, 0.1) is 5.92 Å². The minimum atomic E-state index is -2.04. The summed E-state index contributed by atoms with van der Waals surface area (Å²) in [6.07, 6.45) is 9.10. The molecule has 3 N–H and O–H groups in total. The molecule has 0 aliphatic heterocycles. The molecule has 5 rings (SSSR count). The number of methoxy groups -OCH3 is 1. The lowest BCUT2D eigenvalue weighted by molar-refractivity contribution is -0.131. The summed E-state index contributed by atoms with van der Waals surface area (Å²) in [7, 11) is 3.18. The number of halogens is 2. The molecule has 1 fully saturated rings. The predicted octanol–water partition coefficient (Wildman–Crippen LogP) is 4.76. The first kappa shape index (κ1) is 27.7. The highest BCUT2D eigenvalue weighted by atomic mass is 19.1. The lowest BCUT2D eigenvalue weighted by Gasteiger charge is -2.43. The summed E-state index contributed by atoms with van der Waals surface area (Å²) in [5.41, 5.74) is 7.22. The van der Waals surface area contributed by atoms with Gasteiger partial charge in [0.25, 0.3) is 0 Å². The number of nitrogens with two attached hydrogens (primary N) is 1. The van der Waals surface area contributed by atoms with E-state index in [9.17, 15) is 4.79 Å². The van der Waals surface area contributed by atoms with Crippen LogP contribution >= 0.6 is 0 Å². The molecular weight excluding hydrogens is 516 g/mol. The molecule has 1 saturated carbocycles. The molecule has 212 valence electrons. The number of ether oxygens (including phenoxy) is 1. The second-order valence-corrected chi connectivity index (χ2v) is 11.1. The number of allylic oxidation sites excluding steroid dienone is 3. The number of amides is 1. The summed E-state index contributed by atoms with van der Waals surface area (Å²) in [5, 5.41) is 7.93. The number of hydrogen-bond donors (Lipinski definition) is 2. The number of hydrogen-bond acceptors (Lipinski definition) is 7. The van der Waals surface area contributed by atoms with E-state index in [4.69, 9.17) is 10.5 Å². The van der Waals surface area contributed by atoms with Crippen LogP contribution in [0.2, 0.25) is 0 Å². The van der Waals surface area contributed by atoms with Crippen LogP contribution in [0.25, 0.3) is 5.52 Å². The molecule has 9 nitrogen and oxygen atoms in total. The van der Waals surface area contributed by atoms with E-state index in [2.05, 4.69) is 27.3 Å². The van der Waals surface area contributed by atoms with Gasteiger partial charge in [-0.1, -0.05) is 6.92 Å². The maximum absolute atomic E-state index is 15.6. The fourth-order valence-corrected chi connectivity index (χ4v) is 6.27. The van der Waals surface area contributed by atoms with Gasteiger partial charge >= 0.3 is 0 Å². The lowest BCUT2D eigenvalue weighted by atomic mass is 9.73. The zero-order valence-corrected chi connectivity index (χ0v) is 23.3. The Morgan fingerprint density at radius 2 is 2.05 bits per heavy atom. The molecule has 11 heteroatoms. The van der Waals surface area contributed by atoms with Gasteiger partial charge in [-0.15, -0.1) is 0 Å². The number of likely N-dealkylation sites (N-methyl/N-ethyl adjacent to an activating group) is 1. The van der Waals surface area contributed by atoms with Crippen LogP contribution < -0.4 is 11.1 Å². The monoisotopic (exact) mass is 551 g/mol. The van der Waals surface area contributed by atoms with Crippen molar-refractivity contribution >= 4 is 23.1 Å². The van der Waals surface area contributed by atoms with Gasteiger partial charge in [-0.2, -0.15) is 9.61 Å². The Morgan fingerprint density at radius 1 is 1.27 bits per heavy atom. The number of imidazole rings is 1. The van der Waals surface area contributed by atoms with E-state index in [0.717, 1.165) is 17.7 Å². The second kappa shape index (κ2) is 10.6. The minimum Gasteiger partial charge on any atom is -0.497 e. The average molecular weight is 552 g/mol. The molecule has 3 aromatic rings. The fraction of sp³-hybridized carbons (Fsp3) is 0.448. The number of pyridine rings is 1. The average Bonchev–Trinajstić information content (AvgIpc) is 3.29. The van der Waals surface area contributed by atoms with Crippen LogP contribution in [-0.4, -0.2) is 62.3 Å². The number of nitrogens with one attached hydrogen (secondary N) is 1. The largest absolute Gasteiger partial charge is 0.497 e. The Hall–Kier alpha value is -3.86. The molecule has 0 bridgehead atoms. The zero-order chi connectivity index (χ0) is 28.8. The van der Waals surface area contributed by atoms with Crippen molar-refractivity contribution in [2.24, 2.45) is 11.7 Å². The van der Waals surface area contributed by atoms with E-state index in [-0.39, 0.29) is 41.3 Å². The number of aromatic nitrogens is 4. The van der Waals surface area contributed by atoms with Crippen molar-refractivity contribution in [2.45, 2.75) is 63.2 Å². The minimum absolute atomic E-state index is 0.00176. The Balaban J connectivity index is 1.44. The quantitative estimate of drug-likeness (QED) is 0.454. The highest BCUT2D eigenvalue weighted by molar-refractivity contribution is 5.73. The van der Waals surface area contributed by atoms with Gasteiger partial charge in [-0.3, -0.25) is 9.78 Å². The summed E-state index contributed by atoms with van der Waals surface area (Å²) >= 11 is 0. The van der Waals surface area contributed by atoms with Crippen molar-refractivity contribution in [3.05, 3.63) is 71.8 Å². The number of anilines is 2. The Morgan fingerprint density at radius 3 is 2.73 bits per heavy atom. The van der Waals surface area contributed by atoms with Crippen molar-refractivity contribution in [3.8, 4) is 0 Å². The Kier molecular flexibility index (Phi) is 7.34. The van der Waals surface area contributed by atoms with Crippen LogP contribution in [0.5, 0.6) is 0 Å². The van der Waals surface area contributed by atoms with Crippen molar-refractivity contribution in [3.63, 3.8) is 0 Å². The van der Waals surface area contributed by atoms with E-state index in [1.807, 2.05) is 6.07 Å². The van der Waals surface area contributed by atoms with E-state index < -0.39 is 17.4 Å². The van der Waals surface area contributed by atoms with Crippen LogP contribution in [0.15, 0.2) is 60.5 Å². The van der Waals surface area contributed by atoms with Crippen molar-refractivity contribution in [1.29, 1.82) is 0 Å². The highest BCUT2D eigenvalue weighted by Crippen LogP contribution is 2.43. The number of fused-ring (bicyclic) bond motifs is 1. The van der Waals surface area contributed by atoms with Crippen molar-refractivity contribution in [1.82, 2.24) is 24.5 Å². The van der Waals surface area contributed by atoms with Gasteiger partial charge in [0.2, 0.25) is 11.9 Å². The third kappa shape index (κ3) is 5.05. The van der Waals surface area contributed by atoms with Gasteiger partial charge in [0.15, 0.2) is 0 Å². The van der Waals surface area contributed by atoms with Crippen molar-refractivity contribution < 1.29 is 18.3 Å². The first-order valence-corrected chi connectivity index (χ1v) is 13.4. The number of nitrogens with zero attached hydrogens (tertiary/aromatic N) is 5. The standard InChI is InChI=1S/C29H35F2N7O2/c1-16-10-18(11-23(32)27(16)37(4)17(2)39)21-8-9-33-15-25(21)35-28-34-14-19-6-7-24(36-38(19)28)26-22(30)12-20(40-5)13-29(26,3)31/h6-9,12-16,18,23,26-27H,10-11,32H2,1-5H3,(H,34,35)/t16-,18+,23+,26?,27-,29?/m0/s1.